The zero-order valence-corrected chi connectivity index (χ0v) is 12.7. The first-order valence-corrected chi connectivity index (χ1v) is 6.99. The molecule has 1 fully saturated rings. The molecule has 0 radical (unpaired) electrons. The minimum Gasteiger partial charge on any atom is -0.388 e. The maximum Gasteiger partial charge on any atom is 0.220 e. The van der Waals surface area contributed by atoms with E-state index in [9.17, 15) is 4.79 Å². The van der Waals surface area contributed by atoms with E-state index in [0.29, 0.717) is 18.4 Å². The van der Waals surface area contributed by atoms with Crippen molar-refractivity contribution in [3.8, 4) is 0 Å². The van der Waals surface area contributed by atoms with Crippen molar-refractivity contribution in [3.63, 3.8) is 0 Å². The number of hydrogen-bond donors (Lipinski definition) is 3. The lowest BCUT2D eigenvalue weighted by Crippen LogP contribution is -2.30. The van der Waals surface area contributed by atoms with Gasteiger partial charge in [-0.2, -0.15) is 0 Å². The van der Waals surface area contributed by atoms with Gasteiger partial charge in [0.05, 0.1) is 0 Å². The number of carbonyl (C=O) groups is 1. The molecule has 3 N–H and O–H groups in total. The predicted octanol–water partition coefficient (Wildman–Crippen LogP) is 2.46. The van der Waals surface area contributed by atoms with E-state index in [2.05, 4.69) is 45.3 Å². The zero-order chi connectivity index (χ0) is 14.6. The fourth-order valence-corrected chi connectivity index (χ4v) is 1.98. The summed E-state index contributed by atoms with van der Waals surface area (Å²) in [5.41, 5.74) is 0.989. The third kappa shape index (κ3) is 5.90. The summed E-state index contributed by atoms with van der Waals surface area (Å²) in [5.74, 6) is 0.411. The van der Waals surface area contributed by atoms with Crippen LogP contribution < -0.4 is 10.6 Å². The first kappa shape index (κ1) is 15.7. The van der Waals surface area contributed by atoms with Gasteiger partial charge in [0.2, 0.25) is 5.91 Å². The molecule has 2 unspecified atom stereocenters. The van der Waals surface area contributed by atoms with Crippen LogP contribution in [0.2, 0.25) is 0 Å². The summed E-state index contributed by atoms with van der Waals surface area (Å²) in [6, 6.07) is 0.569. The molecule has 0 aromatic rings. The van der Waals surface area contributed by atoms with Gasteiger partial charge in [-0.3, -0.25) is 4.79 Å². The second kappa shape index (κ2) is 6.22. The molecule has 1 amide bonds. The Balaban J connectivity index is 2.43. The van der Waals surface area contributed by atoms with Gasteiger partial charge < -0.3 is 16.0 Å². The highest BCUT2D eigenvalue weighted by Gasteiger charge is 2.40. The second-order valence-corrected chi connectivity index (χ2v) is 6.86. The lowest BCUT2D eigenvalue weighted by Gasteiger charge is -2.17. The first-order valence-electron chi connectivity index (χ1n) is 6.99. The molecule has 0 aromatic carbocycles. The molecule has 4 heteroatoms. The van der Waals surface area contributed by atoms with Crippen molar-refractivity contribution in [2.45, 2.75) is 59.5 Å². The van der Waals surface area contributed by atoms with Gasteiger partial charge >= 0.3 is 0 Å². The van der Waals surface area contributed by atoms with Gasteiger partial charge in [0, 0.05) is 36.8 Å². The standard InChI is InChI=1S/C15H27N3O/c1-10(2)17-9-11(8-16)12-6-13(12)18-14(19)7-15(3,4)5/h8-10,12-13,16-17H,6-7H2,1-5H3,(H,18,19)/b11-9+,16-8?. The zero-order valence-electron chi connectivity index (χ0n) is 12.7. The van der Waals surface area contributed by atoms with Crippen LogP contribution in [0.3, 0.4) is 0 Å². The van der Waals surface area contributed by atoms with E-state index in [4.69, 9.17) is 5.41 Å². The average Bonchev–Trinajstić information content (AvgIpc) is 2.94. The average molecular weight is 265 g/mol. The third-order valence-corrected chi connectivity index (χ3v) is 3.01. The van der Waals surface area contributed by atoms with Crippen molar-refractivity contribution < 1.29 is 4.79 Å². The fraction of sp³-hybridized carbons (Fsp3) is 0.733. The van der Waals surface area contributed by atoms with Gasteiger partial charge in [0.15, 0.2) is 0 Å². The molecule has 0 heterocycles. The molecule has 0 aliphatic heterocycles. The van der Waals surface area contributed by atoms with E-state index in [-0.39, 0.29) is 17.4 Å². The molecule has 1 aliphatic carbocycles. The maximum atomic E-state index is 11.8. The molecular formula is C15H27N3O. The van der Waals surface area contributed by atoms with E-state index < -0.39 is 0 Å². The van der Waals surface area contributed by atoms with Crippen LogP contribution in [-0.4, -0.2) is 24.2 Å². The van der Waals surface area contributed by atoms with Crippen LogP contribution in [0.15, 0.2) is 11.8 Å². The minimum atomic E-state index is 0.0217. The number of amides is 1. The molecule has 1 aliphatic rings. The molecule has 108 valence electrons. The highest BCUT2D eigenvalue weighted by molar-refractivity contribution is 5.80. The molecule has 1 rings (SSSR count). The quantitative estimate of drug-likeness (QED) is 0.646. The molecule has 1 saturated carbocycles. The van der Waals surface area contributed by atoms with Crippen molar-refractivity contribution in [2.24, 2.45) is 11.3 Å². The monoisotopic (exact) mass is 265 g/mol. The highest BCUT2D eigenvalue weighted by atomic mass is 16.1. The molecule has 4 nitrogen and oxygen atoms in total. The fourth-order valence-electron chi connectivity index (χ4n) is 1.98. The predicted molar refractivity (Wildman–Crippen MR) is 79.2 cm³/mol. The lowest BCUT2D eigenvalue weighted by molar-refractivity contribution is -0.123. The summed E-state index contributed by atoms with van der Waals surface area (Å²) >= 11 is 0. The van der Waals surface area contributed by atoms with Gasteiger partial charge in [-0.25, -0.2) is 0 Å². The number of nitrogens with one attached hydrogen (secondary N) is 3. The summed E-state index contributed by atoms with van der Waals surface area (Å²) in [7, 11) is 0. The van der Waals surface area contributed by atoms with Crippen molar-refractivity contribution in [1.82, 2.24) is 10.6 Å². The Labute approximate surface area is 116 Å². The Kier molecular flexibility index (Phi) is 5.15. The van der Waals surface area contributed by atoms with E-state index in [1.807, 2.05) is 6.20 Å². The van der Waals surface area contributed by atoms with Crippen LogP contribution in [0.25, 0.3) is 0 Å². The van der Waals surface area contributed by atoms with Crippen molar-refractivity contribution in [2.75, 3.05) is 0 Å². The van der Waals surface area contributed by atoms with E-state index in [1.54, 1.807) is 0 Å². The van der Waals surface area contributed by atoms with Crippen LogP contribution in [-0.2, 0) is 4.79 Å². The smallest absolute Gasteiger partial charge is 0.220 e. The number of carbonyl (C=O) groups excluding carboxylic acids is 1. The molecule has 0 spiro atoms. The van der Waals surface area contributed by atoms with E-state index in [0.717, 1.165) is 12.0 Å². The summed E-state index contributed by atoms with van der Waals surface area (Å²) in [4.78, 5) is 11.8. The van der Waals surface area contributed by atoms with Crippen LogP contribution in [0, 0.1) is 16.7 Å². The van der Waals surface area contributed by atoms with Gasteiger partial charge in [0.25, 0.3) is 0 Å². The Morgan fingerprint density at radius 1 is 1.42 bits per heavy atom. The van der Waals surface area contributed by atoms with Crippen LogP contribution in [0.4, 0.5) is 0 Å². The van der Waals surface area contributed by atoms with Crippen LogP contribution >= 0.6 is 0 Å². The van der Waals surface area contributed by atoms with E-state index in [1.165, 1.54) is 6.21 Å². The molecule has 0 bridgehead atoms. The van der Waals surface area contributed by atoms with Crippen molar-refractivity contribution in [1.29, 1.82) is 5.41 Å². The maximum absolute atomic E-state index is 11.8. The molecule has 19 heavy (non-hydrogen) atoms. The Bertz CT molecular complexity index is 366. The summed E-state index contributed by atoms with van der Waals surface area (Å²) < 4.78 is 0. The molecular weight excluding hydrogens is 238 g/mol. The van der Waals surface area contributed by atoms with Crippen molar-refractivity contribution >= 4 is 12.1 Å². The number of hydrogen-bond acceptors (Lipinski definition) is 3. The molecule has 0 aromatic heterocycles. The first-order chi connectivity index (χ1) is 8.73. The normalized spacial score (nSPS) is 23.2. The van der Waals surface area contributed by atoms with Gasteiger partial charge in [-0.05, 0) is 31.3 Å². The van der Waals surface area contributed by atoms with Gasteiger partial charge in [-0.1, -0.05) is 20.8 Å². The van der Waals surface area contributed by atoms with Crippen LogP contribution in [0.5, 0.6) is 0 Å². The summed E-state index contributed by atoms with van der Waals surface area (Å²) in [6.07, 6.45) is 4.77. The minimum absolute atomic E-state index is 0.0217. The van der Waals surface area contributed by atoms with Crippen LogP contribution in [0.1, 0.15) is 47.5 Å². The summed E-state index contributed by atoms with van der Waals surface area (Å²) in [5, 5.41) is 13.7. The van der Waals surface area contributed by atoms with Crippen molar-refractivity contribution in [3.05, 3.63) is 11.8 Å². The SMILES string of the molecule is CC(C)N/C=C(\C=N)C1CC1NC(=O)CC(C)(C)C. The topological polar surface area (TPSA) is 65.0 Å². The Hall–Kier alpha value is -1.32. The molecule has 2 atom stereocenters. The Morgan fingerprint density at radius 3 is 2.53 bits per heavy atom. The van der Waals surface area contributed by atoms with E-state index >= 15 is 0 Å². The lowest BCUT2D eigenvalue weighted by atomic mass is 9.92. The largest absolute Gasteiger partial charge is 0.388 e. The molecule has 0 saturated heterocycles. The third-order valence-electron chi connectivity index (χ3n) is 3.01. The highest BCUT2D eigenvalue weighted by Crippen LogP contribution is 2.36. The second-order valence-electron chi connectivity index (χ2n) is 6.86. The summed E-state index contributed by atoms with van der Waals surface area (Å²) in [6.45, 7) is 10.3. The Morgan fingerprint density at radius 2 is 2.05 bits per heavy atom. The van der Waals surface area contributed by atoms with Gasteiger partial charge in [-0.15, -0.1) is 0 Å². The number of rotatable bonds is 6. The van der Waals surface area contributed by atoms with Gasteiger partial charge in [0.1, 0.15) is 0 Å².